The lowest BCUT2D eigenvalue weighted by Crippen LogP contribution is -2.36. The van der Waals surface area contributed by atoms with Gasteiger partial charge < -0.3 is 24.3 Å². The van der Waals surface area contributed by atoms with E-state index >= 15 is 0 Å². The third-order valence-corrected chi connectivity index (χ3v) is 5.29. The molecule has 2 amide bonds. The van der Waals surface area contributed by atoms with Crippen LogP contribution in [0.2, 0.25) is 0 Å². The molecule has 0 aliphatic carbocycles. The second kappa shape index (κ2) is 9.49. The maximum absolute atomic E-state index is 13.2. The molecule has 0 saturated carbocycles. The van der Waals surface area contributed by atoms with Crippen LogP contribution in [-0.2, 0) is 4.79 Å². The number of aromatic nitrogens is 1. The molecule has 1 saturated heterocycles. The zero-order chi connectivity index (χ0) is 20.8. The van der Waals surface area contributed by atoms with Crippen molar-refractivity contribution in [3.63, 3.8) is 0 Å². The number of amides is 2. The van der Waals surface area contributed by atoms with Gasteiger partial charge in [0.25, 0.3) is 5.91 Å². The number of benzene rings is 1. The number of methoxy groups -OCH3 is 2. The molecule has 2 aromatic rings. The molecule has 7 nitrogen and oxygen atoms in total. The molecule has 0 spiro atoms. The molecule has 1 N–H and O–H groups in total. The minimum absolute atomic E-state index is 0.00592. The minimum Gasteiger partial charge on any atom is -0.493 e. The number of hydrogen-bond acceptors (Lipinski definition) is 4. The number of hydrogen-bond donors (Lipinski definition) is 1. The van der Waals surface area contributed by atoms with Gasteiger partial charge in [0.1, 0.15) is 0 Å². The zero-order valence-corrected chi connectivity index (χ0v) is 17.3. The summed E-state index contributed by atoms with van der Waals surface area (Å²) in [4.78, 5) is 27.7. The lowest BCUT2D eigenvalue weighted by molar-refractivity contribution is -0.116. The van der Waals surface area contributed by atoms with Crippen LogP contribution >= 0.6 is 0 Å². The summed E-state index contributed by atoms with van der Waals surface area (Å²) in [7, 11) is 3.06. The van der Waals surface area contributed by atoms with Gasteiger partial charge in [-0.25, -0.2) is 0 Å². The summed E-state index contributed by atoms with van der Waals surface area (Å²) in [6.07, 6.45) is 7.28. The van der Waals surface area contributed by atoms with Crippen LogP contribution in [0.25, 0.3) is 0 Å². The van der Waals surface area contributed by atoms with E-state index in [-0.39, 0.29) is 17.9 Å². The monoisotopic (exact) mass is 399 g/mol. The van der Waals surface area contributed by atoms with Gasteiger partial charge in [-0.05, 0) is 44.4 Å². The van der Waals surface area contributed by atoms with Crippen molar-refractivity contribution >= 4 is 17.5 Å². The van der Waals surface area contributed by atoms with E-state index in [1.54, 1.807) is 12.1 Å². The van der Waals surface area contributed by atoms with Gasteiger partial charge in [0.05, 0.1) is 25.5 Å². The van der Waals surface area contributed by atoms with Gasteiger partial charge in [-0.2, -0.15) is 0 Å². The highest BCUT2D eigenvalue weighted by Gasteiger charge is 2.24. The van der Waals surface area contributed by atoms with E-state index in [9.17, 15) is 9.59 Å². The van der Waals surface area contributed by atoms with Crippen LogP contribution in [0.15, 0.2) is 36.7 Å². The van der Waals surface area contributed by atoms with Gasteiger partial charge in [-0.1, -0.05) is 0 Å². The van der Waals surface area contributed by atoms with E-state index in [1.807, 2.05) is 40.9 Å². The number of rotatable bonds is 7. The van der Waals surface area contributed by atoms with E-state index in [0.29, 0.717) is 29.2 Å². The Morgan fingerprint density at radius 1 is 1.03 bits per heavy atom. The van der Waals surface area contributed by atoms with Crippen molar-refractivity contribution in [2.45, 2.75) is 38.6 Å². The standard InChI is InChI=1S/C22H29N3O4/c1-16(24-9-7-8-10-24)13-21(26)23-18-15-20(29-3)19(28-2)14-17(18)22(27)25-11-5-4-6-12-25/h7-10,14-16H,4-6,11-13H2,1-3H3,(H,23,26). The van der Waals surface area contributed by atoms with Gasteiger partial charge in [0.2, 0.25) is 5.91 Å². The highest BCUT2D eigenvalue weighted by molar-refractivity contribution is 6.04. The van der Waals surface area contributed by atoms with Crippen LogP contribution in [0.3, 0.4) is 0 Å². The van der Waals surface area contributed by atoms with Crippen molar-refractivity contribution < 1.29 is 19.1 Å². The summed E-state index contributed by atoms with van der Waals surface area (Å²) >= 11 is 0. The van der Waals surface area contributed by atoms with Crippen LogP contribution in [-0.4, -0.2) is 48.6 Å². The van der Waals surface area contributed by atoms with Gasteiger partial charge in [-0.3, -0.25) is 9.59 Å². The number of nitrogens with zero attached hydrogens (tertiary/aromatic N) is 2. The lowest BCUT2D eigenvalue weighted by atomic mass is 10.1. The lowest BCUT2D eigenvalue weighted by Gasteiger charge is -2.28. The minimum atomic E-state index is -0.161. The summed E-state index contributed by atoms with van der Waals surface area (Å²) < 4.78 is 12.7. The third kappa shape index (κ3) is 4.91. The van der Waals surface area contributed by atoms with Gasteiger partial charge in [0, 0.05) is 44.0 Å². The van der Waals surface area contributed by atoms with Crippen LogP contribution in [0.4, 0.5) is 5.69 Å². The fraction of sp³-hybridized carbons (Fsp3) is 0.455. The SMILES string of the molecule is COc1cc(NC(=O)CC(C)n2cccc2)c(C(=O)N2CCCCC2)cc1OC. The first-order chi connectivity index (χ1) is 14.0. The Morgan fingerprint density at radius 3 is 2.28 bits per heavy atom. The van der Waals surface area contributed by atoms with E-state index in [0.717, 1.165) is 32.4 Å². The maximum Gasteiger partial charge on any atom is 0.256 e. The molecule has 156 valence electrons. The van der Waals surface area contributed by atoms with Crippen molar-refractivity contribution in [3.05, 3.63) is 42.2 Å². The number of carbonyl (C=O) groups is 2. The number of nitrogens with one attached hydrogen (secondary N) is 1. The maximum atomic E-state index is 13.2. The number of carbonyl (C=O) groups excluding carboxylic acids is 2. The molecule has 0 bridgehead atoms. The molecule has 29 heavy (non-hydrogen) atoms. The number of likely N-dealkylation sites (tertiary alicyclic amines) is 1. The van der Waals surface area contributed by atoms with Crippen molar-refractivity contribution in [1.82, 2.24) is 9.47 Å². The molecule has 1 atom stereocenters. The highest BCUT2D eigenvalue weighted by Crippen LogP contribution is 2.34. The summed E-state index contributed by atoms with van der Waals surface area (Å²) in [6.45, 7) is 3.43. The molecule has 0 radical (unpaired) electrons. The molecule has 1 aliphatic rings. The van der Waals surface area contributed by atoms with E-state index < -0.39 is 0 Å². The molecular formula is C22H29N3O4. The molecule has 1 aliphatic heterocycles. The fourth-order valence-electron chi connectivity index (χ4n) is 3.64. The van der Waals surface area contributed by atoms with Crippen LogP contribution in [0, 0.1) is 0 Å². The quantitative estimate of drug-likeness (QED) is 0.770. The van der Waals surface area contributed by atoms with E-state index in [1.165, 1.54) is 14.2 Å². The molecule has 1 unspecified atom stereocenters. The normalized spacial score (nSPS) is 14.9. The molecule has 7 heteroatoms. The first-order valence-electron chi connectivity index (χ1n) is 10.0. The molecule has 2 heterocycles. The Bertz CT molecular complexity index is 842. The average molecular weight is 399 g/mol. The van der Waals surface area contributed by atoms with Crippen molar-refractivity contribution in [2.75, 3.05) is 32.6 Å². The van der Waals surface area contributed by atoms with E-state index in [4.69, 9.17) is 9.47 Å². The van der Waals surface area contributed by atoms with Gasteiger partial charge in [-0.15, -0.1) is 0 Å². The smallest absolute Gasteiger partial charge is 0.256 e. The highest BCUT2D eigenvalue weighted by atomic mass is 16.5. The van der Waals surface area contributed by atoms with E-state index in [2.05, 4.69) is 5.32 Å². The first kappa shape index (κ1) is 20.8. The van der Waals surface area contributed by atoms with Crippen LogP contribution in [0.5, 0.6) is 11.5 Å². The summed E-state index contributed by atoms with van der Waals surface area (Å²) in [5.41, 5.74) is 0.870. The zero-order valence-electron chi connectivity index (χ0n) is 17.3. The van der Waals surface area contributed by atoms with Gasteiger partial charge >= 0.3 is 0 Å². The second-order valence-electron chi connectivity index (χ2n) is 7.34. The Kier molecular flexibility index (Phi) is 6.80. The predicted octanol–water partition coefficient (Wildman–Crippen LogP) is 3.72. The van der Waals surface area contributed by atoms with Crippen molar-refractivity contribution in [2.24, 2.45) is 0 Å². The van der Waals surface area contributed by atoms with Crippen molar-refractivity contribution in [3.8, 4) is 11.5 Å². The molecule has 3 rings (SSSR count). The molecule has 1 aromatic heterocycles. The molecule has 1 fully saturated rings. The Hall–Kier alpha value is -2.96. The molecule has 1 aromatic carbocycles. The number of ether oxygens (including phenoxy) is 2. The molecular weight excluding hydrogens is 370 g/mol. The summed E-state index contributed by atoms with van der Waals surface area (Å²) in [5.74, 6) is 0.675. The summed E-state index contributed by atoms with van der Waals surface area (Å²) in [5, 5.41) is 2.91. The Morgan fingerprint density at radius 2 is 1.66 bits per heavy atom. The number of anilines is 1. The largest absolute Gasteiger partial charge is 0.493 e. The summed E-state index contributed by atoms with van der Waals surface area (Å²) in [6, 6.07) is 7.18. The van der Waals surface area contributed by atoms with Gasteiger partial charge in [0.15, 0.2) is 11.5 Å². The predicted molar refractivity (Wildman–Crippen MR) is 112 cm³/mol. The fourth-order valence-corrected chi connectivity index (χ4v) is 3.64. The van der Waals surface area contributed by atoms with Crippen molar-refractivity contribution in [1.29, 1.82) is 0 Å². The van der Waals surface area contributed by atoms with Crippen LogP contribution in [0.1, 0.15) is 49.0 Å². The average Bonchev–Trinajstić information content (AvgIpc) is 3.28. The third-order valence-electron chi connectivity index (χ3n) is 5.29. The van der Waals surface area contributed by atoms with Crippen LogP contribution < -0.4 is 14.8 Å². The first-order valence-corrected chi connectivity index (χ1v) is 10.0. The Labute approximate surface area is 171 Å². The Balaban J connectivity index is 1.84. The second-order valence-corrected chi connectivity index (χ2v) is 7.34. The topological polar surface area (TPSA) is 72.8 Å². The number of piperidine rings is 1.